The first kappa shape index (κ1) is 22.1. The van der Waals surface area contributed by atoms with Crippen molar-refractivity contribution in [1.82, 2.24) is 5.32 Å². The highest BCUT2D eigenvalue weighted by Gasteiger charge is 2.14. The smallest absolute Gasteiger partial charge is 0.313 e. The summed E-state index contributed by atoms with van der Waals surface area (Å²) >= 11 is 0. The van der Waals surface area contributed by atoms with Crippen LogP contribution in [0.5, 0.6) is 11.5 Å². The molecule has 0 aromatic heterocycles. The SMILES string of the molecule is CCOc1ccc(CCNC(=O)C(=O)Nc2cccc(N(C)C)c2)cc1OCC. The second kappa shape index (κ2) is 10.9. The molecule has 0 bridgehead atoms. The van der Waals surface area contributed by atoms with E-state index in [0.717, 1.165) is 11.3 Å². The summed E-state index contributed by atoms with van der Waals surface area (Å²) in [4.78, 5) is 26.1. The number of anilines is 2. The standard InChI is InChI=1S/C22H29N3O4/c1-5-28-19-11-10-16(14-20(19)29-6-2)12-13-23-21(26)22(27)24-17-8-7-9-18(15-17)25(3)4/h7-11,14-15H,5-6,12-13H2,1-4H3,(H,23,26)(H,24,27). The van der Waals surface area contributed by atoms with Gasteiger partial charge < -0.3 is 25.0 Å². The summed E-state index contributed by atoms with van der Waals surface area (Å²) in [5.41, 5.74) is 2.49. The summed E-state index contributed by atoms with van der Waals surface area (Å²) < 4.78 is 11.2. The van der Waals surface area contributed by atoms with Gasteiger partial charge in [-0.1, -0.05) is 12.1 Å². The van der Waals surface area contributed by atoms with Crippen molar-refractivity contribution < 1.29 is 19.1 Å². The molecule has 0 atom stereocenters. The summed E-state index contributed by atoms with van der Waals surface area (Å²) in [6, 6.07) is 13.0. The van der Waals surface area contributed by atoms with Gasteiger partial charge in [0.1, 0.15) is 0 Å². The fourth-order valence-electron chi connectivity index (χ4n) is 2.70. The van der Waals surface area contributed by atoms with Crippen molar-refractivity contribution >= 4 is 23.2 Å². The van der Waals surface area contributed by atoms with Crippen LogP contribution < -0.4 is 25.0 Å². The van der Waals surface area contributed by atoms with E-state index in [-0.39, 0.29) is 0 Å². The maximum absolute atomic E-state index is 12.1. The first-order valence-electron chi connectivity index (χ1n) is 9.69. The minimum atomic E-state index is -0.692. The first-order valence-corrected chi connectivity index (χ1v) is 9.69. The number of nitrogens with zero attached hydrogens (tertiary/aromatic N) is 1. The molecule has 2 aromatic carbocycles. The van der Waals surface area contributed by atoms with Crippen LogP contribution in [-0.4, -0.2) is 45.7 Å². The molecule has 0 heterocycles. The van der Waals surface area contributed by atoms with Gasteiger partial charge in [0, 0.05) is 32.0 Å². The monoisotopic (exact) mass is 399 g/mol. The van der Waals surface area contributed by atoms with Crippen molar-refractivity contribution in [3.05, 3.63) is 48.0 Å². The molecule has 0 saturated heterocycles. The molecule has 0 saturated carbocycles. The summed E-state index contributed by atoms with van der Waals surface area (Å²) in [6.07, 6.45) is 0.571. The number of ether oxygens (including phenoxy) is 2. The summed E-state index contributed by atoms with van der Waals surface area (Å²) in [5.74, 6) is 0.0111. The van der Waals surface area contributed by atoms with Crippen LogP contribution in [0.15, 0.2) is 42.5 Å². The fraction of sp³-hybridized carbons (Fsp3) is 0.364. The molecule has 0 aliphatic carbocycles. The molecule has 0 fully saturated rings. The highest BCUT2D eigenvalue weighted by Crippen LogP contribution is 2.28. The van der Waals surface area contributed by atoms with Crippen LogP contribution in [-0.2, 0) is 16.0 Å². The number of hydrogen-bond donors (Lipinski definition) is 2. The number of benzene rings is 2. The van der Waals surface area contributed by atoms with Crippen LogP contribution >= 0.6 is 0 Å². The van der Waals surface area contributed by atoms with Crippen LogP contribution in [0, 0.1) is 0 Å². The number of carbonyl (C=O) groups is 2. The van der Waals surface area contributed by atoms with Gasteiger partial charge in [-0.2, -0.15) is 0 Å². The van der Waals surface area contributed by atoms with Crippen LogP contribution in [0.1, 0.15) is 19.4 Å². The molecular formula is C22H29N3O4. The Bertz CT molecular complexity index is 837. The van der Waals surface area contributed by atoms with E-state index in [4.69, 9.17) is 9.47 Å². The van der Waals surface area contributed by atoms with Crippen molar-refractivity contribution in [1.29, 1.82) is 0 Å². The Kier molecular flexibility index (Phi) is 8.33. The lowest BCUT2D eigenvalue weighted by molar-refractivity contribution is -0.136. The number of amides is 2. The molecule has 0 aliphatic rings. The Hall–Kier alpha value is -3.22. The van der Waals surface area contributed by atoms with Crippen molar-refractivity contribution in [2.45, 2.75) is 20.3 Å². The predicted octanol–water partition coefficient (Wildman–Crippen LogP) is 2.85. The summed E-state index contributed by atoms with van der Waals surface area (Å²) in [7, 11) is 3.82. The first-order chi connectivity index (χ1) is 13.9. The average molecular weight is 399 g/mol. The van der Waals surface area contributed by atoms with E-state index < -0.39 is 11.8 Å². The van der Waals surface area contributed by atoms with Crippen LogP contribution in [0.2, 0.25) is 0 Å². The number of carbonyl (C=O) groups excluding carboxylic acids is 2. The van der Waals surface area contributed by atoms with E-state index in [1.165, 1.54) is 0 Å². The van der Waals surface area contributed by atoms with Gasteiger partial charge in [0.2, 0.25) is 0 Å². The lowest BCUT2D eigenvalue weighted by Gasteiger charge is -2.14. The topological polar surface area (TPSA) is 79.9 Å². The van der Waals surface area contributed by atoms with Gasteiger partial charge in [0.15, 0.2) is 11.5 Å². The number of nitrogens with one attached hydrogen (secondary N) is 2. The van der Waals surface area contributed by atoms with Gasteiger partial charge in [0.25, 0.3) is 0 Å². The van der Waals surface area contributed by atoms with Crippen LogP contribution in [0.3, 0.4) is 0 Å². The van der Waals surface area contributed by atoms with Gasteiger partial charge >= 0.3 is 11.8 Å². The van der Waals surface area contributed by atoms with Gasteiger partial charge in [-0.05, 0) is 56.2 Å². The zero-order valence-corrected chi connectivity index (χ0v) is 17.5. The van der Waals surface area contributed by atoms with E-state index in [2.05, 4.69) is 10.6 Å². The Morgan fingerprint density at radius 1 is 0.931 bits per heavy atom. The van der Waals surface area contributed by atoms with Crippen LogP contribution in [0.4, 0.5) is 11.4 Å². The van der Waals surface area contributed by atoms with Crippen molar-refractivity contribution in [2.75, 3.05) is 44.1 Å². The van der Waals surface area contributed by atoms with Gasteiger partial charge in [-0.25, -0.2) is 0 Å². The Balaban J connectivity index is 1.88. The molecule has 0 radical (unpaired) electrons. The fourth-order valence-corrected chi connectivity index (χ4v) is 2.70. The molecule has 2 aromatic rings. The second-order valence-electron chi connectivity index (χ2n) is 6.55. The normalized spacial score (nSPS) is 10.2. The molecule has 0 aliphatic heterocycles. The van der Waals surface area contributed by atoms with Gasteiger partial charge in [-0.15, -0.1) is 0 Å². The molecule has 7 heteroatoms. The number of rotatable bonds is 9. The minimum absolute atomic E-state index is 0.337. The van der Waals surface area contributed by atoms with Crippen molar-refractivity contribution in [3.8, 4) is 11.5 Å². The van der Waals surface area contributed by atoms with E-state index >= 15 is 0 Å². The van der Waals surface area contributed by atoms with Gasteiger partial charge in [0.05, 0.1) is 13.2 Å². The molecule has 2 rings (SSSR count). The largest absolute Gasteiger partial charge is 0.490 e. The quantitative estimate of drug-likeness (QED) is 0.634. The molecule has 2 N–H and O–H groups in total. The molecular weight excluding hydrogens is 370 g/mol. The molecule has 0 spiro atoms. The zero-order valence-electron chi connectivity index (χ0n) is 17.5. The van der Waals surface area contributed by atoms with Gasteiger partial charge in [-0.3, -0.25) is 9.59 Å². The molecule has 2 amide bonds. The maximum Gasteiger partial charge on any atom is 0.313 e. The van der Waals surface area contributed by atoms with Crippen LogP contribution in [0.25, 0.3) is 0 Å². The van der Waals surface area contributed by atoms with Crippen molar-refractivity contribution in [2.24, 2.45) is 0 Å². The maximum atomic E-state index is 12.1. The molecule has 7 nitrogen and oxygen atoms in total. The number of hydrogen-bond acceptors (Lipinski definition) is 5. The minimum Gasteiger partial charge on any atom is -0.490 e. The Morgan fingerprint density at radius 3 is 2.34 bits per heavy atom. The van der Waals surface area contributed by atoms with E-state index in [1.54, 1.807) is 12.1 Å². The second-order valence-corrected chi connectivity index (χ2v) is 6.55. The highest BCUT2D eigenvalue weighted by molar-refractivity contribution is 6.39. The van der Waals surface area contributed by atoms with E-state index in [0.29, 0.717) is 43.4 Å². The molecule has 29 heavy (non-hydrogen) atoms. The Morgan fingerprint density at radius 2 is 1.66 bits per heavy atom. The zero-order chi connectivity index (χ0) is 21.2. The Labute approximate surface area is 172 Å². The van der Waals surface area contributed by atoms with Crippen molar-refractivity contribution in [3.63, 3.8) is 0 Å². The highest BCUT2D eigenvalue weighted by atomic mass is 16.5. The third-order valence-corrected chi connectivity index (χ3v) is 4.13. The predicted molar refractivity (Wildman–Crippen MR) is 115 cm³/mol. The summed E-state index contributed by atoms with van der Waals surface area (Å²) in [6.45, 7) is 5.26. The van der Waals surface area contributed by atoms with E-state index in [9.17, 15) is 9.59 Å². The average Bonchev–Trinajstić information content (AvgIpc) is 2.70. The van der Waals surface area contributed by atoms with E-state index in [1.807, 2.05) is 63.2 Å². The molecule has 156 valence electrons. The third kappa shape index (κ3) is 6.71. The third-order valence-electron chi connectivity index (χ3n) is 4.13. The lowest BCUT2D eigenvalue weighted by Crippen LogP contribution is -2.36. The molecule has 0 unspecified atom stereocenters. The lowest BCUT2D eigenvalue weighted by atomic mass is 10.1. The summed E-state index contributed by atoms with van der Waals surface area (Å²) in [5, 5.41) is 5.27.